The first kappa shape index (κ1) is 15.8. The Morgan fingerprint density at radius 2 is 2.09 bits per heavy atom. The Labute approximate surface area is 136 Å². The molecule has 0 spiro atoms. The second-order valence-corrected chi connectivity index (χ2v) is 6.22. The number of rotatable bonds is 4. The molecule has 124 valence electrons. The second kappa shape index (κ2) is 6.20. The molecule has 0 aromatic heterocycles. The second-order valence-electron chi connectivity index (χ2n) is 6.22. The van der Waals surface area contributed by atoms with E-state index in [0.29, 0.717) is 13.1 Å². The molecule has 0 saturated heterocycles. The van der Waals surface area contributed by atoms with Gasteiger partial charge < -0.3 is 16.0 Å². The lowest BCUT2D eigenvalue weighted by Gasteiger charge is -2.39. The number of hydrogen-bond donors (Lipinski definition) is 3. The van der Waals surface area contributed by atoms with Crippen LogP contribution >= 0.6 is 0 Å². The molecule has 1 aromatic carbocycles. The third-order valence-corrected chi connectivity index (χ3v) is 4.93. The van der Waals surface area contributed by atoms with Crippen LogP contribution in [0.25, 0.3) is 0 Å². The highest BCUT2D eigenvalue weighted by atomic mass is 16.2. The van der Waals surface area contributed by atoms with Gasteiger partial charge in [-0.3, -0.25) is 9.69 Å². The summed E-state index contributed by atoms with van der Waals surface area (Å²) >= 11 is 0. The standard InChI is InChI=1S/C17H24N4O2/c1-3-19-16(23)21-10-7-12-5-6-13(11-14(12)21)20-15(22)17(18-2)8-4-9-17/h5-6,11,18H,3-4,7-10H2,1-2H3,(H,19,23)(H,20,22). The average molecular weight is 316 g/mol. The van der Waals surface area contributed by atoms with Gasteiger partial charge in [0.15, 0.2) is 0 Å². The summed E-state index contributed by atoms with van der Waals surface area (Å²) in [7, 11) is 1.83. The summed E-state index contributed by atoms with van der Waals surface area (Å²) in [5.41, 5.74) is 2.34. The van der Waals surface area contributed by atoms with E-state index in [1.165, 1.54) is 0 Å². The average Bonchev–Trinajstić information content (AvgIpc) is 2.90. The zero-order valence-corrected chi connectivity index (χ0v) is 13.7. The third kappa shape index (κ3) is 2.79. The van der Waals surface area contributed by atoms with Crippen LogP contribution in [0.5, 0.6) is 0 Å². The number of carbonyl (C=O) groups excluding carboxylic acids is 2. The lowest BCUT2D eigenvalue weighted by Crippen LogP contribution is -2.58. The van der Waals surface area contributed by atoms with E-state index < -0.39 is 5.54 Å². The molecule has 6 nitrogen and oxygen atoms in total. The number of likely N-dealkylation sites (N-methyl/N-ethyl adjacent to an activating group) is 1. The number of urea groups is 1. The number of nitrogens with zero attached hydrogens (tertiary/aromatic N) is 1. The van der Waals surface area contributed by atoms with Gasteiger partial charge in [-0.1, -0.05) is 6.07 Å². The minimum Gasteiger partial charge on any atom is -0.338 e. The molecule has 1 fully saturated rings. The van der Waals surface area contributed by atoms with Crippen LogP contribution < -0.4 is 20.9 Å². The molecule has 2 aliphatic rings. The molecule has 0 atom stereocenters. The van der Waals surface area contributed by atoms with Gasteiger partial charge in [-0.15, -0.1) is 0 Å². The third-order valence-electron chi connectivity index (χ3n) is 4.93. The molecule has 1 heterocycles. The van der Waals surface area contributed by atoms with Crippen molar-refractivity contribution in [3.05, 3.63) is 23.8 Å². The first-order valence-electron chi connectivity index (χ1n) is 8.28. The predicted molar refractivity (Wildman–Crippen MR) is 90.8 cm³/mol. The zero-order valence-electron chi connectivity index (χ0n) is 13.7. The van der Waals surface area contributed by atoms with Crippen LogP contribution in [0.2, 0.25) is 0 Å². The number of fused-ring (bicyclic) bond motifs is 1. The largest absolute Gasteiger partial charge is 0.338 e. The number of carbonyl (C=O) groups is 2. The molecule has 3 amide bonds. The van der Waals surface area contributed by atoms with E-state index in [1.807, 2.05) is 32.2 Å². The molecule has 1 aliphatic carbocycles. The summed E-state index contributed by atoms with van der Waals surface area (Å²) in [6.07, 6.45) is 3.65. The van der Waals surface area contributed by atoms with E-state index >= 15 is 0 Å². The van der Waals surface area contributed by atoms with Crippen LogP contribution in [-0.2, 0) is 11.2 Å². The Hall–Kier alpha value is -2.08. The maximum Gasteiger partial charge on any atom is 0.321 e. The quantitative estimate of drug-likeness (QED) is 0.794. The van der Waals surface area contributed by atoms with Gasteiger partial charge in [-0.25, -0.2) is 4.79 Å². The summed E-state index contributed by atoms with van der Waals surface area (Å²) in [6, 6.07) is 5.73. The molecular formula is C17H24N4O2. The van der Waals surface area contributed by atoms with Gasteiger partial charge in [-0.05, 0) is 57.4 Å². The fraction of sp³-hybridized carbons (Fsp3) is 0.529. The smallest absolute Gasteiger partial charge is 0.321 e. The molecule has 23 heavy (non-hydrogen) atoms. The topological polar surface area (TPSA) is 73.5 Å². The number of nitrogens with one attached hydrogen (secondary N) is 3. The van der Waals surface area contributed by atoms with Crippen molar-refractivity contribution in [2.45, 2.75) is 38.1 Å². The Bertz CT molecular complexity index is 620. The van der Waals surface area contributed by atoms with Crippen molar-refractivity contribution in [2.75, 3.05) is 30.4 Å². The molecule has 1 saturated carbocycles. The van der Waals surface area contributed by atoms with Crippen LogP contribution in [-0.4, -0.2) is 37.6 Å². The highest BCUT2D eigenvalue weighted by molar-refractivity contribution is 6.00. The summed E-state index contributed by atoms with van der Waals surface area (Å²) in [5, 5.41) is 8.97. The van der Waals surface area contributed by atoms with Crippen LogP contribution in [0.4, 0.5) is 16.2 Å². The maximum atomic E-state index is 12.5. The van der Waals surface area contributed by atoms with E-state index in [2.05, 4.69) is 16.0 Å². The van der Waals surface area contributed by atoms with Crippen molar-refractivity contribution in [1.29, 1.82) is 0 Å². The van der Waals surface area contributed by atoms with E-state index in [1.54, 1.807) is 4.90 Å². The van der Waals surface area contributed by atoms with Crippen LogP contribution in [0.1, 0.15) is 31.7 Å². The molecule has 0 unspecified atom stereocenters. The number of anilines is 2. The van der Waals surface area contributed by atoms with E-state index in [4.69, 9.17) is 0 Å². The molecule has 0 bridgehead atoms. The van der Waals surface area contributed by atoms with Gasteiger partial charge in [0.1, 0.15) is 0 Å². The monoisotopic (exact) mass is 316 g/mol. The minimum atomic E-state index is -0.432. The molecular weight excluding hydrogens is 292 g/mol. The number of benzene rings is 1. The molecule has 3 rings (SSSR count). The van der Waals surface area contributed by atoms with Crippen molar-refractivity contribution in [1.82, 2.24) is 10.6 Å². The zero-order chi connectivity index (χ0) is 16.4. The molecule has 6 heteroatoms. The van der Waals surface area contributed by atoms with E-state index in [9.17, 15) is 9.59 Å². The lowest BCUT2D eigenvalue weighted by atomic mass is 9.76. The van der Waals surface area contributed by atoms with Gasteiger partial charge in [0.25, 0.3) is 0 Å². The van der Waals surface area contributed by atoms with Crippen LogP contribution in [0.15, 0.2) is 18.2 Å². The van der Waals surface area contributed by atoms with Crippen molar-refractivity contribution in [2.24, 2.45) is 0 Å². The number of hydrogen-bond acceptors (Lipinski definition) is 3. The Kier molecular flexibility index (Phi) is 4.26. The van der Waals surface area contributed by atoms with Crippen molar-refractivity contribution in [3.63, 3.8) is 0 Å². The fourth-order valence-electron chi connectivity index (χ4n) is 3.29. The summed E-state index contributed by atoms with van der Waals surface area (Å²) < 4.78 is 0. The molecule has 3 N–H and O–H groups in total. The fourth-order valence-corrected chi connectivity index (χ4v) is 3.29. The minimum absolute atomic E-state index is 0.00811. The van der Waals surface area contributed by atoms with Gasteiger partial charge in [0, 0.05) is 18.8 Å². The van der Waals surface area contributed by atoms with Gasteiger partial charge in [-0.2, -0.15) is 0 Å². The van der Waals surface area contributed by atoms with Crippen LogP contribution in [0.3, 0.4) is 0 Å². The summed E-state index contributed by atoms with van der Waals surface area (Å²) in [6.45, 7) is 3.19. The highest BCUT2D eigenvalue weighted by Crippen LogP contribution is 2.34. The summed E-state index contributed by atoms with van der Waals surface area (Å²) in [4.78, 5) is 26.4. The Morgan fingerprint density at radius 3 is 2.70 bits per heavy atom. The summed E-state index contributed by atoms with van der Waals surface area (Å²) in [5.74, 6) is 0.00811. The lowest BCUT2D eigenvalue weighted by molar-refractivity contribution is -0.125. The highest BCUT2D eigenvalue weighted by Gasteiger charge is 2.42. The van der Waals surface area contributed by atoms with Gasteiger partial charge >= 0.3 is 6.03 Å². The van der Waals surface area contributed by atoms with Gasteiger partial charge in [0.2, 0.25) is 5.91 Å². The van der Waals surface area contributed by atoms with E-state index in [-0.39, 0.29) is 11.9 Å². The number of amides is 3. The Balaban J connectivity index is 1.77. The molecule has 1 aliphatic heterocycles. The van der Waals surface area contributed by atoms with Crippen LogP contribution in [0, 0.1) is 0 Å². The van der Waals surface area contributed by atoms with E-state index in [0.717, 1.165) is 42.6 Å². The van der Waals surface area contributed by atoms with Crippen molar-refractivity contribution in [3.8, 4) is 0 Å². The normalized spacial score (nSPS) is 18.1. The van der Waals surface area contributed by atoms with Gasteiger partial charge in [0.05, 0.1) is 11.2 Å². The van der Waals surface area contributed by atoms with Crippen molar-refractivity contribution >= 4 is 23.3 Å². The van der Waals surface area contributed by atoms with Crippen molar-refractivity contribution < 1.29 is 9.59 Å². The Morgan fingerprint density at radius 1 is 1.30 bits per heavy atom. The first-order valence-corrected chi connectivity index (χ1v) is 8.28. The first-order chi connectivity index (χ1) is 11.1. The molecule has 0 radical (unpaired) electrons. The maximum absolute atomic E-state index is 12.5. The molecule has 1 aromatic rings. The SMILES string of the molecule is CCNC(=O)N1CCc2ccc(NC(=O)C3(NC)CCC3)cc21. The predicted octanol–water partition coefficient (Wildman–Crippen LogP) is 1.86.